The van der Waals surface area contributed by atoms with Gasteiger partial charge in [-0.05, 0) is 41.6 Å². The lowest BCUT2D eigenvalue weighted by atomic mass is 9.98. The molecule has 0 amide bonds. The Bertz CT molecular complexity index is 1090. The van der Waals surface area contributed by atoms with Gasteiger partial charge in [0, 0.05) is 39.0 Å². The fourth-order valence-corrected chi connectivity index (χ4v) is 4.18. The zero-order chi connectivity index (χ0) is 23.3. The van der Waals surface area contributed by atoms with Gasteiger partial charge in [-0.3, -0.25) is 0 Å². The predicted molar refractivity (Wildman–Crippen MR) is 147 cm³/mol. The standard InChI is InChI=1S/C24H20N2S2.2C2H6/c1-17(26-20-10-6-9-19(15-20)24-25-13-14-28-24)22-12-11-21(27-2)16-23(22)18-7-4-3-5-8-18;2*1-2/h3-16,26H,1H2,2H3;2*1-2H3. The minimum atomic E-state index is 0.878. The Labute approximate surface area is 201 Å². The van der Waals surface area contributed by atoms with E-state index in [1.54, 1.807) is 23.1 Å². The Morgan fingerprint density at radius 2 is 1.59 bits per heavy atom. The molecule has 0 saturated carbocycles. The molecule has 4 heteroatoms. The molecule has 32 heavy (non-hydrogen) atoms. The quantitative estimate of drug-likeness (QED) is 0.290. The van der Waals surface area contributed by atoms with Crippen LogP contribution in [0.25, 0.3) is 27.4 Å². The van der Waals surface area contributed by atoms with Gasteiger partial charge in [0.05, 0.1) is 0 Å². The van der Waals surface area contributed by atoms with Crippen molar-refractivity contribution in [1.29, 1.82) is 0 Å². The van der Waals surface area contributed by atoms with Crippen molar-refractivity contribution in [2.75, 3.05) is 11.6 Å². The SMILES string of the molecule is C=C(Nc1cccc(-c2nccs2)c1)c1ccc(SC)cc1-c1ccccc1.CC.CC. The Balaban J connectivity index is 0.000000860. The van der Waals surface area contributed by atoms with Crippen LogP contribution in [0.3, 0.4) is 0 Å². The molecule has 166 valence electrons. The van der Waals surface area contributed by atoms with Crippen molar-refractivity contribution in [2.24, 2.45) is 0 Å². The Kier molecular flexibility index (Phi) is 10.8. The van der Waals surface area contributed by atoms with Crippen LogP contribution in [-0.4, -0.2) is 11.2 Å². The summed E-state index contributed by atoms with van der Waals surface area (Å²) in [6, 6.07) is 25.3. The number of hydrogen-bond donors (Lipinski definition) is 1. The molecule has 0 unspecified atom stereocenters. The van der Waals surface area contributed by atoms with Crippen molar-refractivity contribution in [2.45, 2.75) is 32.6 Å². The summed E-state index contributed by atoms with van der Waals surface area (Å²) in [5, 5.41) is 6.49. The predicted octanol–water partition coefficient (Wildman–Crippen LogP) is 9.33. The summed E-state index contributed by atoms with van der Waals surface area (Å²) in [7, 11) is 0. The van der Waals surface area contributed by atoms with Crippen molar-refractivity contribution in [3.8, 4) is 21.7 Å². The van der Waals surface area contributed by atoms with Crippen LogP contribution in [0.4, 0.5) is 5.69 Å². The van der Waals surface area contributed by atoms with Crippen LogP contribution in [0.1, 0.15) is 33.3 Å². The molecule has 0 radical (unpaired) electrons. The number of aromatic nitrogens is 1. The second kappa shape index (κ2) is 13.6. The first-order valence-corrected chi connectivity index (χ1v) is 13.0. The van der Waals surface area contributed by atoms with Crippen molar-refractivity contribution < 1.29 is 0 Å². The number of benzene rings is 3. The summed E-state index contributed by atoms with van der Waals surface area (Å²) >= 11 is 3.39. The van der Waals surface area contributed by atoms with Crippen molar-refractivity contribution in [3.63, 3.8) is 0 Å². The molecule has 0 aliphatic heterocycles. The number of nitrogens with zero attached hydrogens (tertiary/aromatic N) is 1. The van der Waals surface area contributed by atoms with Crippen LogP contribution < -0.4 is 5.32 Å². The highest BCUT2D eigenvalue weighted by atomic mass is 32.2. The van der Waals surface area contributed by atoms with Gasteiger partial charge in [-0.15, -0.1) is 23.1 Å². The van der Waals surface area contributed by atoms with Gasteiger partial charge in [-0.1, -0.05) is 82.8 Å². The molecule has 4 rings (SSSR count). The summed E-state index contributed by atoms with van der Waals surface area (Å²) in [5.41, 5.74) is 6.46. The molecule has 0 aliphatic carbocycles. The van der Waals surface area contributed by atoms with E-state index in [9.17, 15) is 0 Å². The molecular weight excluding hydrogens is 428 g/mol. The Hall–Kier alpha value is -2.82. The summed E-state index contributed by atoms with van der Waals surface area (Å²) in [6.45, 7) is 12.3. The highest BCUT2D eigenvalue weighted by Crippen LogP contribution is 2.33. The molecule has 0 atom stereocenters. The van der Waals surface area contributed by atoms with Crippen LogP contribution in [0.5, 0.6) is 0 Å². The number of thiazole rings is 1. The minimum Gasteiger partial charge on any atom is -0.355 e. The summed E-state index contributed by atoms with van der Waals surface area (Å²) in [5.74, 6) is 0. The van der Waals surface area contributed by atoms with E-state index in [0.717, 1.165) is 27.5 Å². The molecule has 0 spiro atoms. The van der Waals surface area contributed by atoms with Crippen molar-refractivity contribution >= 4 is 34.5 Å². The van der Waals surface area contributed by atoms with Gasteiger partial charge in [0.2, 0.25) is 0 Å². The minimum absolute atomic E-state index is 0.878. The first-order valence-electron chi connectivity index (χ1n) is 10.9. The van der Waals surface area contributed by atoms with E-state index in [-0.39, 0.29) is 0 Å². The lowest BCUT2D eigenvalue weighted by Crippen LogP contribution is -2.00. The lowest BCUT2D eigenvalue weighted by Gasteiger charge is -2.16. The molecular formula is C28H32N2S2. The van der Waals surface area contributed by atoms with E-state index in [1.807, 2.05) is 51.4 Å². The highest BCUT2D eigenvalue weighted by molar-refractivity contribution is 7.98. The van der Waals surface area contributed by atoms with Gasteiger partial charge >= 0.3 is 0 Å². The number of rotatable bonds is 6. The zero-order valence-electron chi connectivity index (χ0n) is 19.6. The number of anilines is 1. The number of hydrogen-bond acceptors (Lipinski definition) is 4. The van der Waals surface area contributed by atoms with Gasteiger partial charge in [0.1, 0.15) is 5.01 Å². The summed E-state index contributed by atoms with van der Waals surface area (Å²) < 4.78 is 0. The summed E-state index contributed by atoms with van der Waals surface area (Å²) in [4.78, 5) is 5.64. The van der Waals surface area contributed by atoms with Gasteiger partial charge < -0.3 is 5.32 Å². The van der Waals surface area contributed by atoms with E-state index in [4.69, 9.17) is 0 Å². The third-order valence-corrected chi connectivity index (χ3v) is 6.02. The van der Waals surface area contributed by atoms with Crippen LogP contribution >= 0.6 is 23.1 Å². The van der Waals surface area contributed by atoms with Crippen molar-refractivity contribution in [3.05, 3.63) is 96.5 Å². The number of thioether (sulfide) groups is 1. The molecule has 1 heterocycles. The average Bonchev–Trinajstić information content (AvgIpc) is 3.42. The van der Waals surface area contributed by atoms with Crippen LogP contribution in [0.15, 0.2) is 95.8 Å². The molecule has 0 bridgehead atoms. The molecule has 1 aromatic heterocycles. The van der Waals surface area contributed by atoms with Crippen LogP contribution in [0.2, 0.25) is 0 Å². The normalized spacial score (nSPS) is 9.66. The van der Waals surface area contributed by atoms with Gasteiger partial charge in [0.25, 0.3) is 0 Å². The van der Waals surface area contributed by atoms with E-state index in [1.165, 1.54) is 16.0 Å². The maximum absolute atomic E-state index is 4.40. The van der Waals surface area contributed by atoms with E-state index < -0.39 is 0 Å². The molecule has 0 saturated heterocycles. The average molecular weight is 461 g/mol. The molecule has 4 aromatic rings. The Morgan fingerprint density at radius 1 is 0.875 bits per heavy atom. The number of nitrogens with one attached hydrogen (secondary N) is 1. The third-order valence-electron chi connectivity index (χ3n) is 4.47. The second-order valence-corrected chi connectivity index (χ2v) is 8.07. The smallest absolute Gasteiger partial charge is 0.123 e. The van der Waals surface area contributed by atoms with Crippen LogP contribution in [-0.2, 0) is 0 Å². The largest absolute Gasteiger partial charge is 0.355 e. The molecule has 2 nitrogen and oxygen atoms in total. The van der Waals surface area contributed by atoms with E-state index >= 15 is 0 Å². The maximum Gasteiger partial charge on any atom is 0.123 e. The second-order valence-electron chi connectivity index (χ2n) is 6.30. The first kappa shape index (κ1) is 25.4. The molecule has 0 aliphatic rings. The lowest BCUT2D eigenvalue weighted by molar-refractivity contribution is 1.41. The van der Waals surface area contributed by atoms with E-state index in [0.29, 0.717) is 0 Å². The maximum atomic E-state index is 4.40. The van der Waals surface area contributed by atoms with Gasteiger partial charge in [-0.25, -0.2) is 4.98 Å². The fraction of sp³-hybridized carbons (Fsp3) is 0.179. The molecule has 1 N–H and O–H groups in total. The third kappa shape index (κ3) is 6.59. The highest BCUT2D eigenvalue weighted by Gasteiger charge is 2.10. The monoisotopic (exact) mass is 460 g/mol. The summed E-state index contributed by atoms with van der Waals surface area (Å²) in [6.07, 6.45) is 3.93. The van der Waals surface area contributed by atoms with Gasteiger partial charge in [-0.2, -0.15) is 0 Å². The molecule has 0 fully saturated rings. The Morgan fingerprint density at radius 3 is 2.25 bits per heavy atom. The molecule has 3 aromatic carbocycles. The van der Waals surface area contributed by atoms with Gasteiger partial charge in [0.15, 0.2) is 0 Å². The fourth-order valence-electron chi connectivity index (χ4n) is 3.11. The zero-order valence-corrected chi connectivity index (χ0v) is 21.2. The van der Waals surface area contributed by atoms with Crippen molar-refractivity contribution in [1.82, 2.24) is 4.98 Å². The first-order chi connectivity index (χ1) is 15.7. The van der Waals surface area contributed by atoms with Crippen LogP contribution in [0, 0.1) is 0 Å². The topological polar surface area (TPSA) is 24.9 Å². The van der Waals surface area contributed by atoms with E-state index in [2.05, 4.69) is 83.8 Å².